The molecule has 9 nitrogen and oxygen atoms in total. The third-order valence-electron chi connectivity index (χ3n) is 5.63. The van der Waals surface area contributed by atoms with Crippen molar-refractivity contribution in [1.29, 1.82) is 0 Å². The molecule has 2 aromatic heterocycles. The van der Waals surface area contributed by atoms with E-state index in [1.54, 1.807) is 49.4 Å². The molecule has 0 spiro atoms. The number of hydrogen-bond acceptors (Lipinski definition) is 7. The van der Waals surface area contributed by atoms with Gasteiger partial charge in [-0.2, -0.15) is 17.7 Å². The Morgan fingerprint density at radius 2 is 1.94 bits per heavy atom. The molecule has 3 aromatic rings. The van der Waals surface area contributed by atoms with Gasteiger partial charge in [-0.05, 0) is 30.3 Å². The second-order valence-corrected chi connectivity index (χ2v) is 8.03. The molecule has 182 valence electrons. The first-order valence-electron chi connectivity index (χ1n) is 10.8. The maximum absolute atomic E-state index is 13.1. The monoisotopic (exact) mass is 478 g/mol. The second-order valence-electron chi connectivity index (χ2n) is 8.03. The fraction of sp³-hybridized carbons (Fsp3) is 0.455. The Labute approximate surface area is 194 Å². The van der Waals surface area contributed by atoms with Crippen LogP contribution >= 0.6 is 0 Å². The predicted molar refractivity (Wildman–Crippen MR) is 117 cm³/mol. The Bertz CT molecular complexity index is 1140. The Morgan fingerprint density at radius 1 is 1.18 bits per heavy atom. The molecule has 0 radical (unpaired) electrons. The number of carbonyl (C=O) groups excluding carboxylic acids is 1. The number of likely N-dealkylation sites (N-methyl/N-ethyl adjacent to an activating group) is 1. The Balaban J connectivity index is 1.38. The maximum Gasteiger partial charge on any atom is 0.453 e. The summed E-state index contributed by atoms with van der Waals surface area (Å²) in [6.07, 6.45) is -3.42. The van der Waals surface area contributed by atoms with Gasteiger partial charge in [-0.15, -0.1) is 15.3 Å². The Morgan fingerprint density at radius 3 is 2.65 bits per heavy atom. The van der Waals surface area contributed by atoms with Crippen LogP contribution in [0.2, 0.25) is 0 Å². The largest absolute Gasteiger partial charge is 0.490 e. The van der Waals surface area contributed by atoms with Crippen molar-refractivity contribution < 1.29 is 27.4 Å². The number of ether oxygens (including phenoxy) is 2. The zero-order chi connectivity index (χ0) is 24.3. The smallest absolute Gasteiger partial charge is 0.453 e. The number of aromatic nitrogens is 4. The van der Waals surface area contributed by atoms with Gasteiger partial charge in [-0.25, -0.2) is 0 Å². The molecular formula is C22H25F3N6O3. The normalized spacial score (nSPS) is 15.0. The van der Waals surface area contributed by atoms with Gasteiger partial charge in [-0.3, -0.25) is 4.79 Å². The van der Waals surface area contributed by atoms with Gasteiger partial charge in [0, 0.05) is 52.2 Å². The van der Waals surface area contributed by atoms with Crippen LogP contribution in [0.1, 0.15) is 29.0 Å². The van der Waals surface area contributed by atoms with E-state index in [0.717, 1.165) is 4.52 Å². The highest BCUT2D eigenvalue weighted by Gasteiger charge is 2.38. The first kappa shape index (κ1) is 23.7. The molecule has 1 saturated heterocycles. The quantitative estimate of drug-likeness (QED) is 0.516. The molecule has 0 bridgehead atoms. The predicted octanol–water partition coefficient (Wildman–Crippen LogP) is 2.91. The number of fused-ring (bicyclic) bond motifs is 1. The van der Waals surface area contributed by atoms with Crippen LogP contribution in [0.3, 0.4) is 0 Å². The van der Waals surface area contributed by atoms with E-state index in [9.17, 15) is 18.0 Å². The highest BCUT2D eigenvalue weighted by molar-refractivity contribution is 5.94. The number of hydrogen-bond donors (Lipinski definition) is 0. The maximum atomic E-state index is 13.1. The summed E-state index contributed by atoms with van der Waals surface area (Å²) in [6.45, 7) is 2.06. The van der Waals surface area contributed by atoms with E-state index in [4.69, 9.17) is 9.47 Å². The van der Waals surface area contributed by atoms with Gasteiger partial charge in [0.25, 0.3) is 11.7 Å². The van der Waals surface area contributed by atoms with E-state index in [1.807, 2.05) is 4.90 Å². The number of benzene rings is 1. The number of methoxy groups -OCH3 is 1. The molecule has 12 heteroatoms. The third-order valence-corrected chi connectivity index (χ3v) is 5.63. The number of rotatable bonds is 7. The first-order chi connectivity index (χ1) is 16.3. The molecule has 0 unspecified atom stereocenters. The van der Waals surface area contributed by atoms with Gasteiger partial charge in [0.1, 0.15) is 17.7 Å². The van der Waals surface area contributed by atoms with Gasteiger partial charge >= 0.3 is 6.18 Å². The number of carbonyl (C=O) groups is 1. The van der Waals surface area contributed by atoms with Crippen molar-refractivity contribution in [2.24, 2.45) is 0 Å². The minimum atomic E-state index is -4.64. The molecule has 1 aliphatic rings. The van der Waals surface area contributed by atoms with Crippen molar-refractivity contribution in [2.45, 2.75) is 25.1 Å². The lowest BCUT2D eigenvalue weighted by molar-refractivity contribution is -0.146. The minimum absolute atomic E-state index is 0.0385. The minimum Gasteiger partial charge on any atom is -0.490 e. The molecule has 1 aliphatic heterocycles. The van der Waals surface area contributed by atoms with Crippen LogP contribution < -0.4 is 9.64 Å². The van der Waals surface area contributed by atoms with E-state index in [0.29, 0.717) is 56.2 Å². The molecule has 3 heterocycles. The summed E-state index contributed by atoms with van der Waals surface area (Å²) in [5, 5.41) is 10.9. The van der Waals surface area contributed by atoms with E-state index >= 15 is 0 Å². The van der Waals surface area contributed by atoms with Crippen LogP contribution in [0.4, 0.5) is 19.0 Å². The lowest BCUT2D eigenvalue weighted by Gasteiger charge is -2.32. The van der Waals surface area contributed by atoms with Crippen LogP contribution in [0.15, 0.2) is 36.4 Å². The molecule has 1 aromatic carbocycles. The fourth-order valence-corrected chi connectivity index (χ4v) is 3.77. The lowest BCUT2D eigenvalue weighted by atomic mass is 10.1. The summed E-state index contributed by atoms with van der Waals surface area (Å²) in [4.78, 5) is 16.1. The molecule has 1 amide bonds. The highest BCUT2D eigenvalue weighted by atomic mass is 19.4. The number of nitrogens with zero attached hydrogens (tertiary/aromatic N) is 6. The molecule has 4 rings (SSSR count). The summed E-state index contributed by atoms with van der Waals surface area (Å²) in [7, 11) is 3.30. The van der Waals surface area contributed by atoms with Crippen molar-refractivity contribution in [1.82, 2.24) is 24.7 Å². The number of alkyl halides is 3. The number of halogens is 3. The summed E-state index contributed by atoms with van der Waals surface area (Å²) >= 11 is 0. The standard InChI is InChI=1S/C22H25F3N6O3/c1-29(12-13-33-2)20(32)15-4-3-5-17(14-15)34-16-8-10-30(11-9-16)19-7-6-18-26-27-21(22(23,24)25)31(18)28-19/h3-7,14,16H,8-13H2,1-2H3. The van der Waals surface area contributed by atoms with Crippen molar-refractivity contribution in [3.8, 4) is 5.75 Å². The van der Waals surface area contributed by atoms with Crippen LogP contribution in [0.5, 0.6) is 5.75 Å². The number of piperidine rings is 1. The zero-order valence-corrected chi connectivity index (χ0v) is 18.8. The molecule has 1 fully saturated rings. The van der Waals surface area contributed by atoms with Crippen LogP contribution in [0, 0.1) is 0 Å². The van der Waals surface area contributed by atoms with E-state index in [2.05, 4.69) is 15.3 Å². The van der Waals surface area contributed by atoms with Crippen molar-refractivity contribution in [3.05, 3.63) is 47.8 Å². The van der Waals surface area contributed by atoms with Crippen LogP contribution in [-0.4, -0.2) is 77.1 Å². The van der Waals surface area contributed by atoms with E-state index in [-0.39, 0.29) is 17.7 Å². The SMILES string of the molecule is COCCN(C)C(=O)c1cccc(OC2CCN(c3ccc4nnc(C(F)(F)F)n4n3)CC2)c1. The zero-order valence-electron chi connectivity index (χ0n) is 18.8. The van der Waals surface area contributed by atoms with Gasteiger partial charge in [0.2, 0.25) is 0 Å². The van der Waals surface area contributed by atoms with Gasteiger partial charge in [0.05, 0.1) is 6.61 Å². The molecule has 0 saturated carbocycles. The van der Waals surface area contributed by atoms with E-state index < -0.39 is 12.0 Å². The Kier molecular flexibility index (Phi) is 6.87. The summed E-state index contributed by atoms with van der Waals surface area (Å²) < 4.78 is 51.3. The molecule has 0 N–H and O–H groups in total. The second kappa shape index (κ2) is 9.84. The van der Waals surface area contributed by atoms with Gasteiger partial charge in [-0.1, -0.05) is 6.07 Å². The summed E-state index contributed by atoms with van der Waals surface area (Å²) in [5.41, 5.74) is 0.567. The highest BCUT2D eigenvalue weighted by Crippen LogP contribution is 2.28. The van der Waals surface area contributed by atoms with E-state index in [1.165, 1.54) is 6.07 Å². The van der Waals surface area contributed by atoms with Crippen LogP contribution in [-0.2, 0) is 10.9 Å². The van der Waals surface area contributed by atoms with Crippen molar-refractivity contribution in [3.63, 3.8) is 0 Å². The van der Waals surface area contributed by atoms with Gasteiger partial charge < -0.3 is 19.3 Å². The summed E-state index contributed by atoms with van der Waals surface area (Å²) in [6, 6.07) is 10.2. The molecular weight excluding hydrogens is 453 g/mol. The van der Waals surface area contributed by atoms with Gasteiger partial charge in [0.15, 0.2) is 5.65 Å². The summed E-state index contributed by atoms with van der Waals surface area (Å²) in [5.74, 6) is -0.248. The average molecular weight is 478 g/mol. The van der Waals surface area contributed by atoms with Crippen molar-refractivity contribution >= 4 is 17.4 Å². The number of anilines is 1. The molecule has 0 atom stereocenters. The fourth-order valence-electron chi connectivity index (χ4n) is 3.77. The topological polar surface area (TPSA) is 85.1 Å². The Hall–Kier alpha value is -3.41. The number of amides is 1. The molecule has 0 aliphatic carbocycles. The third kappa shape index (κ3) is 5.22. The first-order valence-corrected chi connectivity index (χ1v) is 10.8. The van der Waals surface area contributed by atoms with Crippen molar-refractivity contribution in [2.75, 3.05) is 45.3 Å². The van der Waals surface area contributed by atoms with Crippen LogP contribution in [0.25, 0.3) is 5.65 Å². The lowest BCUT2D eigenvalue weighted by Crippen LogP contribution is -2.39. The molecule has 34 heavy (non-hydrogen) atoms. The average Bonchev–Trinajstić information content (AvgIpc) is 3.27.